The first-order valence-corrected chi connectivity index (χ1v) is 13.3. The summed E-state index contributed by atoms with van der Waals surface area (Å²) in [6.07, 6.45) is 15.2. The highest BCUT2D eigenvalue weighted by Crippen LogP contribution is 2.36. The van der Waals surface area contributed by atoms with Crippen LogP contribution in [0.15, 0.2) is 24.1 Å². The average molecular weight is 469 g/mol. The van der Waals surface area contributed by atoms with Crippen molar-refractivity contribution < 1.29 is 14.3 Å². The third-order valence-electron chi connectivity index (χ3n) is 7.60. The fourth-order valence-corrected chi connectivity index (χ4v) is 5.62. The minimum atomic E-state index is -0.150. The summed E-state index contributed by atoms with van der Waals surface area (Å²) in [6.45, 7) is 7.52. The molecule has 1 atom stereocenters. The summed E-state index contributed by atoms with van der Waals surface area (Å²) in [4.78, 5) is 34.7. The van der Waals surface area contributed by atoms with Gasteiger partial charge in [-0.15, -0.1) is 0 Å². The van der Waals surface area contributed by atoms with Gasteiger partial charge in [0.15, 0.2) is 5.76 Å². The highest BCUT2D eigenvalue weighted by molar-refractivity contribution is 6.08. The van der Waals surface area contributed by atoms with Crippen LogP contribution >= 0.6 is 0 Å². The number of hydrogen-bond donors (Lipinski definition) is 1. The number of allylic oxidation sites excluding steroid dienone is 1. The molecular formula is C27H40N4O3. The van der Waals surface area contributed by atoms with Gasteiger partial charge in [-0.3, -0.25) is 9.59 Å². The van der Waals surface area contributed by atoms with Crippen molar-refractivity contribution in [2.75, 3.05) is 31.1 Å². The first-order valence-electron chi connectivity index (χ1n) is 13.3. The molecule has 0 radical (unpaired) electrons. The van der Waals surface area contributed by atoms with Crippen molar-refractivity contribution in [3.63, 3.8) is 0 Å². The summed E-state index contributed by atoms with van der Waals surface area (Å²) in [6, 6.07) is 2.45. The molecule has 1 unspecified atom stereocenters. The second kappa shape index (κ2) is 11.8. The molecule has 2 aliphatic heterocycles. The van der Waals surface area contributed by atoms with Gasteiger partial charge in [0.25, 0.3) is 11.8 Å². The molecule has 1 saturated carbocycles. The SMILES string of the molecule is CC=C1Oc2ncc(C(=O)NCCCN3CCCCC3CC)cc2N(CC2CCCCC2)C1=O. The van der Waals surface area contributed by atoms with Crippen molar-refractivity contribution in [2.45, 2.75) is 84.1 Å². The van der Waals surface area contributed by atoms with Gasteiger partial charge in [-0.05, 0) is 70.1 Å². The lowest BCUT2D eigenvalue weighted by atomic mass is 9.88. The number of anilines is 1. The van der Waals surface area contributed by atoms with Crippen molar-refractivity contribution in [3.05, 3.63) is 29.7 Å². The summed E-state index contributed by atoms with van der Waals surface area (Å²) >= 11 is 0. The Kier molecular flexibility index (Phi) is 8.59. The van der Waals surface area contributed by atoms with E-state index >= 15 is 0 Å². The number of pyridine rings is 1. The molecule has 0 aromatic carbocycles. The number of fused-ring (bicyclic) bond motifs is 1. The topological polar surface area (TPSA) is 74.8 Å². The summed E-state index contributed by atoms with van der Waals surface area (Å²) < 4.78 is 5.76. The van der Waals surface area contributed by atoms with Crippen LogP contribution in [0.4, 0.5) is 5.69 Å². The molecule has 0 bridgehead atoms. The van der Waals surface area contributed by atoms with E-state index in [4.69, 9.17) is 4.74 Å². The Bertz CT molecular complexity index is 894. The Hall–Kier alpha value is -2.41. The van der Waals surface area contributed by atoms with Crippen LogP contribution in [0.2, 0.25) is 0 Å². The van der Waals surface area contributed by atoms with Crippen molar-refractivity contribution in [1.29, 1.82) is 0 Å². The minimum absolute atomic E-state index is 0.146. The number of carbonyl (C=O) groups excluding carboxylic acids is 2. The second-order valence-corrected chi connectivity index (χ2v) is 9.93. The number of amides is 2. The number of carbonyl (C=O) groups is 2. The molecule has 0 spiro atoms. The average Bonchev–Trinajstić information content (AvgIpc) is 2.88. The maximum absolute atomic E-state index is 13.1. The molecule has 7 nitrogen and oxygen atoms in total. The lowest BCUT2D eigenvalue weighted by molar-refractivity contribution is -0.118. The van der Waals surface area contributed by atoms with Gasteiger partial charge in [0, 0.05) is 31.9 Å². The van der Waals surface area contributed by atoms with Gasteiger partial charge >= 0.3 is 0 Å². The summed E-state index contributed by atoms with van der Waals surface area (Å²) in [5.41, 5.74) is 1.07. The van der Waals surface area contributed by atoms with E-state index < -0.39 is 0 Å². The van der Waals surface area contributed by atoms with Crippen LogP contribution < -0.4 is 15.0 Å². The molecule has 1 N–H and O–H groups in total. The number of rotatable bonds is 8. The van der Waals surface area contributed by atoms with Gasteiger partial charge in [0.2, 0.25) is 5.88 Å². The third-order valence-corrected chi connectivity index (χ3v) is 7.60. The number of likely N-dealkylation sites (tertiary alicyclic amines) is 1. The van der Waals surface area contributed by atoms with E-state index in [1.807, 2.05) is 0 Å². The highest BCUT2D eigenvalue weighted by Gasteiger charge is 2.33. The maximum atomic E-state index is 13.1. The number of aromatic nitrogens is 1. The molecule has 1 aliphatic carbocycles. The van der Waals surface area contributed by atoms with E-state index in [-0.39, 0.29) is 11.8 Å². The maximum Gasteiger partial charge on any atom is 0.293 e. The lowest BCUT2D eigenvalue weighted by Crippen LogP contribution is -2.41. The van der Waals surface area contributed by atoms with Crippen LogP contribution in [-0.4, -0.2) is 53.9 Å². The second-order valence-electron chi connectivity index (χ2n) is 9.93. The number of nitrogens with zero attached hydrogens (tertiary/aromatic N) is 3. The first-order chi connectivity index (χ1) is 16.6. The number of ether oxygens (including phenoxy) is 1. The fourth-order valence-electron chi connectivity index (χ4n) is 5.62. The molecule has 3 aliphatic rings. The van der Waals surface area contributed by atoms with E-state index in [1.165, 1.54) is 51.5 Å². The molecule has 3 heterocycles. The molecule has 7 heteroatoms. The molecule has 186 valence electrons. The predicted molar refractivity (Wildman–Crippen MR) is 134 cm³/mol. The fraction of sp³-hybridized carbons (Fsp3) is 0.667. The molecule has 1 aromatic heterocycles. The van der Waals surface area contributed by atoms with Crippen molar-refractivity contribution in [2.24, 2.45) is 5.92 Å². The number of piperidine rings is 1. The Balaban J connectivity index is 1.39. The smallest absolute Gasteiger partial charge is 0.293 e. The molecule has 1 saturated heterocycles. The van der Waals surface area contributed by atoms with Crippen molar-refractivity contribution >= 4 is 17.5 Å². The van der Waals surface area contributed by atoms with Crippen LogP contribution in [0.1, 0.15) is 88.4 Å². The lowest BCUT2D eigenvalue weighted by Gasteiger charge is -2.35. The zero-order valence-electron chi connectivity index (χ0n) is 20.9. The highest BCUT2D eigenvalue weighted by atomic mass is 16.5. The van der Waals surface area contributed by atoms with Gasteiger partial charge in [-0.1, -0.05) is 32.6 Å². The van der Waals surface area contributed by atoms with Crippen LogP contribution in [-0.2, 0) is 4.79 Å². The summed E-state index contributed by atoms with van der Waals surface area (Å²) in [5.74, 6) is 0.877. The Morgan fingerprint density at radius 1 is 1.21 bits per heavy atom. The van der Waals surface area contributed by atoms with Gasteiger partial charge < -0.3 is 19.9 Å². The van der Waals surface area contributed by atoms with Crippen LogP contribution in [0.25, 0.3) is 0 Å². The molecule has 2 amide bonds. The van der Waals surface area contributed by atoms with E-state index in [0.29, 0.717) is 47.9 Å². The Labute approximate surface area is 203 Å². The quantitative estimate of drug-likeness (QED) is 0.443. The van der Waals surface area contributed by atoms with Crippen molar-refractivity contribution in [3.8, 4) is 5.88 Å². The molecule has 34 heavy (non-hydrogen) atoms. The van der Waals surface area contributed by atoms with Gasteiger partial charge in [0.1, 0.15) is 5.69 Å². The minimum Gasteiger partial charge on any atom is -0.432 e. The van der Waals surface area contributed by atoms with Crippen LogP contribution in [0.3, 0.4) is 0 Å². The van der Waals surface area contributed by atoms with Gasteiger partial charge in [0.05, 0.1) is 5.56 Å². The molecule has 4 rings (SSSR count). The zero-order valence-corrected chi connectivity index (χ0v) is 20.9. The molecular weight excluding hydrogens is 428 g/mol. The predicted octanol–water partition coefficient (Wildman–Crippen LogP) is 4.68. The molecule has 2 fully saturated rings. The monoisotopic (exact) mass is 468 g/mol. The number of nitrogens with one attached hydrogen (secondary N) is 1. The van der Waals surface area contributed by atoms with Crippen LogP contribution in [0, 0.1) is 5.92 Å². The third kappa shape index (κ3) is 5.80. The van der Waals surface area contributed by atoms with Crippen molar-refractivity contribution in [1.82, 2.24) is 15.2 Å². The van der Waals surface area contributed by atoms with E-state index in [1.54, 1.807) is 30.2 Å². The zero-order chi connectivity index (χ0) is 23.9. The van der Waals surface area contributed by atoms with E-state index in [9.17, 15) is 9.59 Å². The molecule has 1 aromatic rings. The first kappa shape index (κ1) is 24.7. The van der Waals surface area contributed by atoms with E-state index in [0.717, 1.165) is 25.8 Å². The largest absolute Gasteiger partial charge is 0.432 e. The summed E-state index contributed by atoms with van der Waals surface area (Å²) in [7, 11) is 0. The normalized spacial score (nSPS) is 23.0. The van der Waals surface area contributed by atoms with Gasteiger partial charge in [-0.25, -0.2) is 4.98 Å². The standard InChI is InChI=1S/C27H40N4O3/c1-3-22-13-8-9-15-30(22)16-10-14-28-25(32)21-17-23-26(29-18-21)34-24(4-2)27(33)31(23)19-20-11-6-5-7-12-20/h4,17-18,20,22H,3,5-16,19H2,1-2H3,(H,28,32). The Morgan fingerprint density at radius 2 is 2.00 bits per heavy atom. The van der Waals surface area contributed by atoms with Crippen LogP contribution in [0.5, 0.6) is 5.88 Å². The van der Waals surface area contributed by atoms with E-state index in [2.05, 4.69) is 22.1 Å². The summed E-state index contributed by atoms with van der Waals surface area (Å²) in [5, 5.41) is 3.04. The Morgan fingerprint density at radius 3 is 2.76 bits per heavy atom. The van der Waals surface area contributed by atoms with Gasteiger partial charge in [-0.2, -0.15) is 0 Å². The number of hydrogen-bond acceptors (Lipinski definition) is 5.